The summed E-state index contributed by atoms with van der Waals surface area (Å²) in [6.45, 7) is 6.67. The van der Waals surface area contributed by atoms with Crippen LogP contribution in [0.25, 0.3) is 11.3 Å². The van der Waals surface area contributed by atoms with Crippen molar-refractivity contribution in [1.82, 2.24) is 9.78 Å². The standard InChI is InChI=1S/C24H25N3O2/c1-4-21(24(29)26-14-13-18-7-5-6-8-22(18)26)27-23(28)12-11-20(25-27)19-10-9-16(2)17(3)15-19/h5-12,15,21H,4,13-14H2,1-3H3/t21-/m0/s1. The third-order valence-corrected chi connectivity index (χ3v) is 5.75. The summed E-state index contributed by atoms with van der Waals surface area (Å²) in [5.41, 5.74) is 5.85. The average molecular weight is 387 g/mol. The molecule has 0 spiro atoms. The van der Waals surface area contributed by atoms with Gasteiger partial charge in [-0.3, -0.25) is 9.59 Å². The summed E-state index contributed by atoms with van der Waals surface area (Å²) in [6, 6.07) is 16.7. The molecule has 29 heavy (non-hydrogen) atoms. The predicted octanol–water partition coefficient (Wildman–Crippen LogP) is 4.07. The molecule has 0 saturated carbocycles. The number of rotatable bonds is 4. The van der Waals surface area contributed by atoms with Crippen molar-refractivity contribution in [1.29, 1.82) is 0 Å². The molecule has 1 aromatic heterocycles. The summed E-state index contributed by atoms with van der Waals surface area (Å²) in [6.07, 6.45) is 1.34. The van der Waals surface area contributed by atoms with Crippen molar-refractivity contribution >= 4 is 11.6 Å². The molecule has 148 valence electrons. The number of benzene rings is 2. The minimum absolute atomic E-state index is 0.0794. The Balaban J connectivity index is 1.71. The molecule has 2 aromatic carbocycles. The summed E-state index contributed by atoms with van der Waals surface area (Å²) < 4.78 is 1.35. The van der Waals surface area contributed by atoms with E-state index in [9.17, 15) is 9.59 Å². The highest BCUT2D eigenvalue weighted by atomic mass is 16.2. The van der Waals surface area contributed by atoms with Gasteiger partial charge in [0.05, 0.1) is 5.69 Å². The molecule has 2 heterocycles. The van der Waals surface area contributed by atoms with Crippen LogP contribution in [-0.2, 0) is 11.2 Å². The number of para-hydroxylation sites is 1. The number of aryl methyl sites for hydroxylation is 2. The number of anilines is 1. The van der Waals surface area contributed by atoms with Crippen LogP contribution >= 0.6 is 0 Å². The zero-order valence-electron chi connectivity index (χ0n) is 17.1. The minimum Gasteiger partial charge on any atom is -0.310 e. The highest BCUT2D eigenvalue weighted by molar-refractivity contribution is 5.97. The first-order valence-corrected chi connectivity index (χ1v) is 10.1. The van der Waals surface area contributed by atoms with Gasteiger partial charge >= 0.3 is 0 Å². The molecule has 5 heteroatoms. The highest BCUT2D eigenvalue weighted by Gasteiger charge is 2.31. The highest BCUT2D eigenvalue weighted by Crippen LogP contribution is 2.30. The Morgan fingerprint density at radius 2 is 1.86 bits per heavy atom. The van der Waals surface area contributed by atoms with Gasteiger partial charge in [-0.1, -0.05) is 37.3 Å². The van der Waals surface area contributed by atoms with Crippen molar-refractivity contribution in [2.24, 2.45) is 0 Å². The van der Waals surface area contributed by atoms with E-state index in [2.05, 4.69) is 25.0 Å². The van der Waals surface area contributed by atoms with Crippen molar-refractivity contribution in [3.8, 4) is 11.3 Å². The van der Waals surface area contributed by atoms with Gasteiger partial charge in [0.15, 0.2) is 0 Å². The van der Waals surface area contributed by atoms with Crippen LogP contribution in [0.15, 0.2) is 59.4 Å². The second-order valence-corrected chi connectivity index (χ2v) is 7.59. The molecule has 0 bridgehead atoms. The van der Waals surface area contributed by atoms with Crippen molar-refractivity contribution in [2.45, 2.75) is 39.7 Å². The molecule has 1 atom stereocenters. The molecule has 0 radical (unpaired) electrons. The van der Waals surface area contributed by atoms with Crippen LogP contribution in [0.4, 0.5) is 5.69 Å². The molecule has 0 fully saturated rings. The molecule has 0 N–H and O–H groups in total. The van der Waals surface area contributed by atoms with Gasteiger partial charge in [0, 0.05) is 23.9 Å². The van der Waals surface area contributed by atoms with Gasteiger partial charge in [-0.05, 0) is 61.6 Å². The SMILES string of the molecule is CC[C@@H](C(=O)N1CCc2ccccc21)n1nc(-c2ccc(C)c(C)c2)ccc1=O. The van der Waals surface area contributed by atoms with Crippen molar-refractivity contribution in [3.63, 3.8) is 0 Å². The molecule has 1 amide bonds. The number of nitrogens with zero attached hydrogens (tertiary/aromatic N) is 3. The van der Waals surface area contributed by atoms with E-state index in [-0.39, 0.29) is 11.5 Å². The van der Waals surface area contributed by atoms with E-state index in [4.69, 9.17) is 0 Å². The number of amides is 1. The third-order valence-electron chi connectivity index (χ3n) is 5.75. The fraction of sp³-hybridized carbons (Fsp3) is 0.292. The lowest BCUT2D eigenvalue weighted by atomic mass is 10.0. The Morgan fingerprint density at radius 1 is 1.07 bits per heavy atom. The lowest BCUT2D eigenvalue weighted by Gasteiger charge is -2.24. The predicted molar refractivity (Wildman–Crippen MR) is 115 cm³/mol. The maximum absolute atomic E-state index is 13.4. The number of carbonyl (C=O) groups is 1. The number of carbonyl (C=O) groups excluding carboxylic acids is 1. The van der Waals surface area contributed by atoms with Crippen LogP contribution in [0, 0.1) is 13.8 Å². The first-order chi connectivity index (χ1) is 14.0. The molecule has 1 aliphatic heterocycles. The van der Waals surface area contributed by atoms with Gasteiger partial charge in [0.1, 0.15) is 6.04 Å². The van der Waals surface area contributed by atoms with E-state index in [1.54, 1.807) is 11.0 Å². The maximum Gasteiger partial charge on any atom is 0.267 e. The molecule has 4 rings (SSSR count). The first-order valence-electron chi connectivity index (χ1n) is 10.1. The van der Waals surface area contributed by atoms with E-state index >= 15 is 0 Å². The Morgan fingerprint density at radius 3 is 2.62 bits per heavy atom. The Hall–Kier alpha value is -3.21. The van der Waals surface area contributed by atoms with Crippen LogP contribution in [0.5, 0.6) is 0 Å². The van der Waals surface area contributed by atoms with E-state index in [0.29, 0.717) is 18.7 Å². The largest absolute Gasteiger partial charge is 0.310 e. The van der Waals surface area contributed by atoms with Crippen LogP contribution in [0.2, 0.25) is 0 Å². The van der Waals surface area contributed by atoms with Crippen molar-refractivity contribution in [3.05, 3.63) is 81.6 Å². The second-order valence-electron chi connectivity index (χ2n) is 7.59. The van der Waals surface area contributed by atoms with Crippen LogP contribution in [-0.4, -0.2) is 22.2 Å². The molecule has 0 saturated heterocycles. The smallest absolute Gasteiger partial charge is 0.267 e. The van der Waals surface area contributed by atoms with Gasteiger partial charge in [0.2, 0.25) is 0 Å². The molecule has 0 unspecified atom stereocenters. The van der Waals surface area contributed by atoms with Gasteiger partial charge in [-0.25, -0.2) is 4.68 Å². The Bertz CT molecular complexity index is 1130. The molecular formula is C24H25N3O2. The Kier molecular flexibility index (Phi) is 5.05. The van der Waals surface area contributed by atoms with E-state index in [1.807, 2.05) is 43.3 Å². The summed E-state index contributed by atoms with van der Waals surface area (Å²) >= 11 is 0. The summed E-state index contributed by atoms with van der Waals surface area (Å²) in [5, 5.41) is 4.59. The summed E-state index contributed by atoms with van der Waals surface area (Å²) in [4.78, 5) is 27.8. The normalized spacial score (nSPS) is 14.0. The lowest BCUT2D eigenvalue weighted by molar-refractivity contribution is -0.122. The number of fused-ring (bicyclic) bond motifs is 1. The molecule has 1 aliphatic rings. The van der Waals surface area contributed by atoms with Crippen LogP contribution < -0.4 is 10.5 Å². The van der Waals surface area contributed by atoms with Crippen LogP contribution in [0.3, 0.4) is 0 Å². The van der Waals surface area contributed by atoms with Gasteiger partial charge in [-0.15, -0.1) is 0 Å². The number of hydrogen-bond donors (Lipinski definition) is 0. The fourth-order valence-electron chi connectivity index (χ4n) is 3.90. The topological polar surface area (TPSA) is 55.2 Å². The van der Waals surface area contributed by atoms with Crippen LogP contribution in [0.1, 0.15) is 36.1 Å². The van der Waals surface area contributed by atoms with E-state index in [0.717, 1.165) is 17.7 Å². The number of hydrogen-bond acceptors (Lipinski definition) is 3. The maximum atomic E-state index is 13.4. The van der Waals surface area contributed by atoms with Crippen molar-refractivity contribution in [2.75, 3.05) is 11.4 Å². The van der Waals surface area contributed by atoms with E-state index in [1.165, 1.54) is 27.4 Å². The van der Waals surface area contributed by atoms with Gasteiger partial charge in [0.25, 0.3) is 11.5 Å². The van der Waals surface area contributed by atoms with E-state index < -0.39 is 6.04 Å². The molecule has 0 aliphatic carbocycles. The monoisotopic (exact) mass is 387 g/mol. The third kappa shape index (κ3) is 3.48. The first kappa shape index (κ1) is 19.1. The van der Waals surface area contributed by atoms with Gasteiger partial charge in [-0.2, -0.15) is 5.10 Å². The summed E-state index contributed by atoms with van der Waals surface area (Å²) in [5.74, 6) is -0.0794. The van der Waals surface area contributed by atoms with Crippen molar-refractivity contribution < 1.29 is 4.79 Å². The summed E-state index contributed by atoms with van der Waals surface area (Å²) in [7, 11) is 0. The second kappa shape index (κ2) is 7.66. The van der Waals surface area contributed by atoms with Gasteiger partial charge < -0.3 is 4.90 Å². The Labute approximate surface area is 170 Å². The molecule has 5 nitrogen and oxygen atoms in total. The zero-order chi connectivity index (χ0) is 20.5. The lowest BCUT2D eigenvalue weighted by Crippen LogP contribution is -2.40. The zero-order valence-corrected chi connectivity index (χ0v) is 17.1. The number of aromatic nitrogens is 2. The fourth-order valence-corrected chi connectivity index (χ4v) is 3.90. The average Bonchev–Trinajstić information content (AvgIpc) is 3.16. The molecule has 3 aromatic rings. The minimum atomic E-state index is -0.625. The molecular weight excluding hydrogens is 362 g/mol. The quantitative estimate of drug-likeness (QED) is 0.678.